The summed E-state index contributed by atoms with van der Waals surface area (Å²) in [6.07, 6.45) is -2.10. The lowest BCUT2D eigenvalue weighted by atomic mass is 9.85. The Morgan fingerprint density at radius 1 is 1.29 bits per heavy atom. The van der Waals surface area contributed by atoms with Crippen molar-refractivity contribution in [3.8, 4) is 5.75 Å². The van der Waals surface area contributed by atoms with Crippen molar-refractivity contribution in [2.45, 2.75) is 44.7 Å². The Hall–Kier alpha value is -2.65. The summed E-state index contributed by atoms with van der Waals surface area (Å²) in [6, 6.07) is 4.48. The number of allylic oxidation sites excluding steroid dienone is 2. The molecular weight excluding hydrogens is 413 g/mol. The van der Waals surface area contributed by atoms with Crippen LogP contribution >= 0.6 is 0 Å². The molecule has 0 spiro atoms. The first-order valence-corrected chi connectivity index (χ1v) is 9.89. The predicted molar refractivity (Wildman–Crippen MR) is 110 cm³/mol. The van der Waals surface area contributed by atoms with Gasteiger partial charge in [0.05, 0.1) is 30.1 Å². The van der Waals surface area contributed by atoms with E-state index >= 15 is 0 Å². The molecule has 0 radical (unpaired) electrons. The van der Waals surface area contributed by atoms with Crippen LogP contribution in [0.2, 0.25) is 0 Å². The minimum absolute atomic E-state index is 0.0221. The van der Waals surface area contributed by atoms with Gasteiger partial charge in [0.15, 0.2) is 6.29 Å². The number of aliphatic hydroxyl groups is 1. The van der Waals surface area contributed by atoms with Crippen LogP contribution < -0.4 is 10.1 Å². The molecule has 0 aliphatic heterocycles. The number of nitrogens with zero attached hydrogens (tertiary/aromatic N) is 1. The summed E-state index contributed by atoms with van der Waals surface area (Å²) in [6.45, 7) is 1.60. The average molecular weight is 438 g/mol. The van der Waals surface area contributed by atoms with E-state index in [0.717, 1.165) is 5.57 Å². The first kappa shape index (κ1) is 23.0. The lowest BCUT2D eigenvalue weighted by molar-refractivity contribution is -0.175. The Balaban J connectivity index is 1.94. The molecule has 1 unspecified atom stereocenters. The number of halogens is 3. The number of aromatic nitrogens is 1. The van der Waals surface area contributed by atoms with Gasteiger partial charge >= 0.3 is 6.18 Å². The summed E-state index contributed by atoms with van der Waals surface area (Å²) in [5.74, 6) is -1.25. The van der Waals surface area contributed by atoms with E-state index in [-0.39, 0.29) is 24.8 Å². The fourth-order valence-electron chi connectivity index (χ4n) is 3.65. The van der Waals surface area contributed by atoms with Gasteiger partial charge in [0.25, 0.3) is 5.91 Å². The normalized spacial score (nSPS) is 18.9. The molecule has 3 atom stereocenters. The third-order valence-electron chi connectivity index (χ3n) is 5.50. The Kier molecular flexibility index (Phi) is 6.86. The second-order valence-corrected chi connectivity index (χ2v) is 7.60. The molecule has 1 aromatic heterocycles. The first-order valence-electron chi connectivity index (χ1n) is 9.89. The van der Waals surface area contributed by atoms with Crippen LogP contribution in [-0.4, -0.2) is 48.7 Å². The van der Waals surface area contributed by atoms with Crippen LogP contribution in [0.5, 0.6) is 5.75 Å². The Morgan fingerprint density at radius 3 is 2.61 bits per heavy atom. The van der Waals surface area contributed by atoms with Gasteiger partial charge in [-0.05, 0) is 50.0 Å². The monoisotopic (exact) mass is 438 g/mol. The van der Waals surface area contributed by atoms with Crippen molar-refractivity contribution in [3.63, 3.8) is 0 Å². The second kappa shape index (κ2) is 9.23. The van der Waals surface area contributed by atoms with E-state index < -0.39 is 30.3 Å². The van der Waals surface area contributed by atoms with Crippen LogP contribution in [0.4, 0.5) is 13.2 Å². The number of pyridine rings is 1. The van der Waals surface area contributed by atoms with Gasteiger partial charge in [-0.15, -0.1) is 0 Å². The molecule has 2 aromatic rings. The van der Waals surface area contributed by atoms with Crippen LogP contribution in [0, 0.1) is 5.92 Å². The molecule has 1 amide bonds. The first-order chi connectivity index (χ1) is 14.6. The largest absolute Gasteiger partial charge is 0.497 e. The van der Waals surface area contributed by atoms with Crippen LogP contribution in [0.15, 0.2) is 30.5 Å². The molecule has 31 heavy (non-hydrogen) atoms. The van der Waals surface area contributed by atoms with Crippen LogP contribution in [0.1, 0.15) is 42.1 Å². The van der Waals surface area contributed by atoms with E-state index in [1.165, 1.54) is 20.4 Å². The number of aliphatic hydroxyl groups excluding tert-OH is 1. The smallest absolute Gasteiger partial charge is 0.392 e. The van der Waals surface area contributed by atoms with Crippen molar-refractivity contribution in [2.75, 3.05) is 14.2 Å². The molecule has 2 N–H and O–H groups in total. The number of fused-ring (bicyclic) bond motifs is 1. The van der Waals surface area contributed by atoms with Gasteiger partial charge in [-0.2, -0.15) is 13.2 Å². The number of hydrogen-bond donors (Lipinski definition) is 2. The predicted octanol–water partition coefficient (Wildman–Crippen LogP) is 4.07. The fourth-order valence-corrected chi connectivity index (χ4v) is 3.65. The van der Waals surface area contributed by atoms with E-state index in [4.69, 9.17) is 9.47 Å². The highest BCUT2D eigenvalue weighted by molar-refractivity contribution is 6.00. The molecule has 6 nitrogen and oxygen atoms in total. The molecule has 1 aromatic carbocycles. The van der Waals surface area contributed by atoms with Crippen molar-refractivity contribution < 1.29 is 32.5 Å². The van der Waals surface area contributed by atoms with Gasteiger partial charge in [0.1, 0.15) is 5.75 Å². The molecule has 0 bridgehead atoms. The molecule has 0 saturated carbocycles. The number of methoxy groups -OCH3 is 2. The number of benzene rings is 1. The quantitative estimate of drug-likeness (QED) is 0.665. The zero-order valence-electron chi connectivity index (χ0n) is 17.5. The number of carbonyl (C=O) groups excluding carboxylic acids is 1. The number of nitrogens with one attached hydrogen (secondary N) is 1. The minimum atomic E-state index is -4.20. The average Bonchev–Trinajstić information content (AvgIpc) is 2.76. The second-order valence-electron chi connectivity index (χ2n) is 7.60. The molecule has 1 heterocycles. The van der Waals surface area contributed by atoms with Gasteiger partial charge in [0, 0.05) is 24.3 Å². The Morgan fingerprint density at radius 2 is 2.03 bits per heavy atom. The third-order valence-corrected chi connectivity index (χ3v) is 5.50. The Bertz CT molecular complexity index is 991. The van der Waals surface area contributed by atoms with Gasteiger partial charge in [-0.1, -0.05) is 6.08 Å². The number of ether oxygens (including phenoxy) is 2. The number of amides is 1. The number of hydrogen-bond acceptors (Lipinski definition) is 5. The maximum absolute atomic E-state index is 13.0. The molecule has 0 saturated heterocycles. The maximum atomic E-state index is 13.0. The van der Waals surface area contributed by atoms with Crippen molar-refractivity contribution >= 4 is 22.4 Å². The van der Waals surface area contributed by atoms with Gasteiger partial charge < -0.3 is 19.9 Å². The molecular formula is C22H25F3N2O4. The minimum Gasteiger partial charge on any atom is -0.497 e. The van der Waals surface area contributed by atoms with E-state index in [1.54, 1.807) is 31.2 Å². The summed E-state index contributed by atoms with van der Waals surface area (Å²) >= 11 is 0. The van der Waals surface area contributed by atoms with Crippen molar-refractivity contribution in [2.24, 2.45) is 5.92 Å². The Labute approximate surface area is 178 Å². The van der Waals surface area contributed by atoms with Crippen LogP contribution in [-0.2, 0) is 4.74 Å². The summed E-state index contributed by atoms with van der Waals surface area (Å²) < 4.78 is 49.2. The van der Waals surface area contributed by atoms with E-state index in [0.29, 0.717) is 22.2 Å². The highest BCUT2D eigenvalue weighted by Gasteiger charge is 2.39. The highest BCUT2D eigenvalue weighted by Crippen LogP contribution is 2.41. The maximum Gasteiger partial charge on any atom is 0.392 e. The van der Waals surface area contributed by atoms with Crippen LogP contribution in [0.3, 0.4) is 0 Å². The molecule has 9 heteroatoms. The van der Waals surface area contributed by atoms with E-state index in [9.17, 15) is 23.1 Å². The van der Waals surface area contributed by atoms with E-state index in [2.05, 4.69) is 10.3 Å². The zero-order valence-corrected chi connectivity index (χ0v) is 17.5. The third kappa shape index (κ3) is 5.16. The van der Waals surface area contributed by atoms with Crippen molar-refractivity contribution in [3.05, 3.63) is 41.6 Å². The van der Waals surface area contributed by atoms with Crippen LogP contribution in [0.25, 0.3) is 16.5 Å². The summed E-state index contributed by atoms with van der Waals surface area (Å²) in [5, 5.41) is 12.9. The molecule has 1 aliphatic carbocycles. The summed E-state index contributed by atoms with van der Waals surface area (Å²) in [7, 11) is 2.83. The van der Waals surface area contributed by atoms with Crippen molar-refractivity contribution in [1.29, 1.82) is 0 Å². The fraction of sp³-hybridized carbons (Fsp3) is 0.455. The summed E-state index contributed by atoms with van der Waals surface area (Å²) in [5.41, 5.74) is 2.34. The molecule has 0 fully saturated rings. The number of rotatable bonds is 6. The van der Waals surface area contributed by atoms with Crippen molar-refractivity contribution in [1.82, 2.24) is 10.3 Å². The topological polar surface area (TPSA) is 80.7 Å². The summed E-state index contributed by atoms with van der Waals surface area (Å²) in [4.78, 5) is 16.9. The highest BCUT2D eigenvalue weighted by atomic mass is 19.4. The van der Waals surface area contributed by atoms with Gasteiger partial charge in [-0.25, -0.2) is 0 Å². The molecule has 3 rings (SSSR count). The zero-order chi connectivity index (χ0) is 22.8. The number of alkyl halides is 3. The lowest BCUT2D eigenvalue weighted by Gasteiger charge is -2.25. The molecule has 1 aliphatic rings. The van der Waals surface area contributed by atoms with Gasteiger partial charge in [-0.3, -0.25) is 9.78 Å². The lowest BCUT2D eigenvalue weighted by Crippen LogP contribution is -2.41. The number of carbonyl (C=O) groups is 1. The molecule has 168 valence electrons. The van der Waals surface area contributed by atoms with E-state index in [1.807, 2.05) is 0 Å². The standard InChI is InChI=1S/C22H25F3N2O4/c1-12(21(29)31-3)27-20(28)15-8-14-9-17(30-2)10-18(19(14)26-11-15)13-4-6-16(7-5-13)22(23,24)25/h4,8-12,16,21,29H,5-7H2,1-3H3,(H,27,28)/t12?,16-,21+/m1/s1. The van der Waals surface area contributed by atoms with Gasteiger partial charge in [0.2, 0.25) is 0 Å². The SMILES string of the molecule is COc1cc(C2=CC[C@@H](C(F)(F)F)CC2)c2ncc(C(=O)NC(C)[C@@H](O)OC)cc2c1.